The van der Waals surface area contributed by atoms with Crippen molar-refractivity contribution in [2.45, 2.75) is 25.5 Å². The van der Waals surface area contributed by atoms with Crippen LogP contribution >= 0.6 is 11.6 Å². The van der Waals surface area contributed by atoms with E-state index < -0.39 is 18.1 Å². The lowest BCUT2D eigenvalue weighted by atomic mass is 10.0. The van der Waals surface area contributed by atoms with Crippen molar-refractivity contribution >= 4 is 34.8 Å². The highest BCUT2D eigenvalue weighted by molar-refractivity contribution is 6.30. The molecule has 0 radical (unpaired) electrons. The number of esters is 1. The summed E-state index contributed by atoms with van der Waals surface area (Å²) in [5, 5.41) is 3.54. The van der Waals surface area contributed by atoms with Gasteiger partial charge < -0.3 is 14.8 Å². The SMILES string of the molecule is COc1ccc(N[C@@H](CC(=O)c2ccccc2)C(=O)O[C@H](C)C(=O)c2ccc(Cl)cc2)cc1. The van der Waals surface area contributed by atoms with E-state index in [0.29, 0.717) is 27.6 Å². The first-order valence-electron chi connectivity index (χ1n) is 10.4. The van der Waals surface area contributed by atoms with Crippen molar-refractivity contribution in [1.29, 1.82) is 0 Å². The maximum Gasteiger partial charge on any atom is 0.329 e. The molecular formula is C26H24ClNO5. The number of nitrogens with one attached hydrogen (secondary N) is 1. The average molecular weight is 466 g/mol. The Morgan fingerprint density at radius 3 is 2.12 bits per heavy atom. The molecule has 0 spiro atoms. The Morgan fingerprint density at radius 2 is 1.52 bits per heavy atom. The van der Waals surface area contributed by atoms with Gasteiger partial charge in [0.15, 0.2) is 11.9 Å². The van der Waals surface area contributed by atoms with Gasteiger partial charge in [0.25, 0.3) is 0 Å². The molecule has 0 bridgehead atoms. The number of rotatable bonds is 10. The molecule has 3 rings (SSSR count). The van der Waals surface area contributed by atoms with E-state index in [1.165, 1.54) is 6.92 Å². The molecule has 6 nitrogen and oxygen atoms in total. The van der Waals surface area contributed by atoms with Crippen molar-refractivity contribution in [3.8, 4) is 5.75 Å². The molecule has 3 aromatic carbocycles. The molecule has 0 aliphatic heterocycles. The molecule has 2 atom stereocenters. The summed E-state index contributed by atoms with van der Waals surface area (Å²) >= 11 is 5.87. The van der Waals surface area contributed by atoms with E-state index in [2.05, 4.69) is 5.32 Å². The lowest BCUT2D eigenvalue weighted by molar-refractivity contribution is -0.147. The van der Waals surface area contributed by atoms with Crippen LogP contribution < -0.4 is 10.1 Å². The van der Waals surface area contributed by atoms with Crippen LogP contribution in [0.2, 0.25) is 5.02 Å². The van der Waals surface area contributed by atoms with Gasteiger partial charge in [0, 0.05) is 28.3 Å². The average Bonchev–Trinajstić information content (AvgIpc) is 2.84. The molecule has 0 amide bonds. The van der Waals surface area contributed by atoms with Crippen molar-refractivity contribution < 1.29 is 23.9 Å². The Hall–Kier alpha value is -3.64. The summed E-state index contributed by atoms with van der Waals surface area (Å²) in [5.74, 6) is -0.639. The third kappa shape index (κ3) is 6.67. The van der Waals surface area contributed by atoms with Crippen molar-refractivity contribution in [1.82, 2.24) is 0 Å². The fourth-order valence-electron chi connectivity index (χ4n) is 3.17. The molecule has 0 aromatic heterocycles. The highest BCUT2D eigenvalue weighted by atomic mass is 35.5. The van der Waals surface area contributed by atoms with Crippen LogP contribution in [-0.2, 0) is 9.53 Å². The van der Waals surface area contributed by atoms with E-state index in [-0.39, 0.29) is 18.0 Å². The number of methoxy groups -OCH3 is 1. The van der Waals surface area contributed by atoms with Crippen LogP contribution in [0.5, 0.6) is 5.75 Å². The van der Waals surface area contributed by atoms with Gasteiger partial charge >= 0.3 is 5.97 Å². The predicted octanol–water partition coefficient (Wildman–Crippen LogP) is 5.22. The number of ether oxygens (including phenoxy) is 2. The second kappa shape index (κ2) is 11.3. The summed E-state index contributed by atoms with van der Waals surface area (Å²) < 4.78 is 10.6. The summed E-state index contributed by atoms with van der Waals surface area (Å²) in [6.45, 7) is 1.50. The molecule has 7 heteroatoms. The molecule has 0 fully saturated rings. The van der Waals surface area contributed by atoms with E-state index in [4.69, 9.17) is 21.1 Å². The number of carbonyl (C=O) groups excluding carboxylic acids is 3. The van der Waals surface area contributed by atoms with E-state index in [1.807, 2.05) is 6.07 Å². The van der Waals surface area contributed by atoms with Crippen LogP contribution in [0.4, 0.5) is 5.69 Å². The van der Waals surface area contributed by atoms with Gasteiger partial charge in [-0.05, 0) is 55.5 Å². The minimum atomic E-state index is -1.04. The zero-order valence-electron chi connectivity index (χ0n) is 18.3. The number of Topliss-reactive ketones (excluding diaryl/α,β-unsaturated/α-hetero) is 2. The first kappa shape index (κ1) is 24.0. The van der Waals surface area contributed by atoms with E-state index in [0.717, 1.165) is 0 Å². The Labute approximate surface area is 197 Å². The van der Waals surface area contributed by atoms with Gasteiger partial charge in [-0.2, -0.15) is 0 Å². The summed E-state index contributed by atoms with van der Waals surface area (Å²) in [6, 6.07) is 20.9. The van der Waals surface area contributed by atoms with Crippen LogP contribution in [-0.4, -0.2) is 36.8 Å². The third-order valence-electron chi connectivity index (χ3n) is 4.99. The van der Waals surface area contributed by atoms with E-state index in [1.54, 1.807) is 79.9 Å². The van der Waals surface area contributed by atoms with Gasteiger partial charge in [-0.3, -0.25) is 9.59 Å². The molecule has 0 heterocycles. The van der Waals surface area contributed by atoms with Gasteiger partial charge in [0.1, 0.15) is 11.8 Å². The zero-order chi connectivity index (χ0) is 23.8. The smallest absolute Gasteiger partial charge is 0.329 e. The number of halogens is 1. The topological polar surface area (TPSA) is 81.7 Å². The van der Waals surface area contributed by atoms with E-state index in [9.17, 15) is 14.4 Å². The Bertz CT molecular complexity index is 1100. The lowest BCUT2D eigenvalue weighted by Crippen LogP contribution is -2.37. The fourth-order valence-corrected chi connectivity index (χ4v) is 3.29. The Morgan fingerprint density at radius 1 is 0.879 bits per heavy atom. The molecule has 0 saturated heterocycles. The number of ketones is 2. The number of hydrogen-bond acceptors (Lipinski definition) is 6. The fraction of sp³-hybridized carbons (Fsp3) is 0.192. The maximum atomic E-state index is 13.0. The molecule has 0 saturated carbocycles. The third-order valence-corrected chi connectivity index (χ3v) is 5.24. The van der Waals surface area contributed by atoms with Gasteiger partial charge in [-0.15, -0.1) is 0 Å². The van der Waals surface area contributed by atoms with Crippen LogP contribution in [0.3, 0.4) is 0 Å². The highest BCUT2D eigenvalue weighted by Crippen LogP contribution is 2.19. The molecule has 0 aliphatic carbocycles. The molecule has 0 unspecified atom stereocenters. The summed E-state index contributed by atoms with van der Waals surface area (Å²) in [6.07, 6.45) is -1.18. The summed E-state index contributed by atoms with van der Waals surface area (Å²) in [7, 11) is 1.56. The molecule has 1 N–H and O–H groups in total. The minimum absolute atomic E-state index is 0.142. The summed E-state index contributed by atoms with van der Waals surface area (Å²) in [5.41, 5.74) is 1.46. The Balaban J connectivity index is 1.75. The molecule has 3 aromatic rings. The first-order valence-corrected chi connectivity index (χ1v) is 10.7. The van der Waals surface area contributed by atoms with E-state index >= 15 is 0 Å². The molecule has 0 aliphatic rings. The largest absolute Gasteiger partial charge is 0.497 e. The molecular weight excluding hydrogens is 442 g/mol. The molecule has 33 heavy (non-hydrogen) atoms. The summed E-state index contributed by atoms with van der Waals surface area (Å²) in [4.78, 5) is 38.4. The number of anilines is 1. The zero-order valence-corrected chi connectivity index (χ0v) is 19.0. The second-order valence-corrected chi connectivity index (χ2v) is 7.81. The minimum Gasteiger partial charge on any atom is -0.497 e. The Kier molecular flexibility index (Phi) is 8.22. The van der Waals surface area contributed by atoms with Crippen molar-refractivity contribution in [2.75, 3.05) is 12.4 Å². The standard InChI is InChI=1S/C26H24ClNO5/c1-17(25(30)19-8-10-20(27)11-9-19)33-26(31)23(16-24(29)18-6-4-3-5-7-18)28-21-12-14-22(32-2)15-13-21/h3-15,17,23,28H,16H2,1-2H3/t17-,23+/m1/s1. The van der Waals surface area contributed by atoms with Crippen molar-refractivity contribution in [3.63, 3.8) is 0 Å². The number of hydrogen-bond donors (Lipinski definition) is 1. The highest BCUT2D eigenvalue weighted by Gasteiger charge is 2.28. The first-order chi connectivity index (χ1) is 15.9. The van der Waals surface area contributed by atoms with Gasteiger partial charge in [0.2, 0.25) is 5.78 Å². The quantitative estimate of drug-likeness (QED) is 0.326. The van der Waals surface area contributed by atoms with Crippen LogP contribution in [0.15, 0.2) is 78.9 Å². The van der Waals surface area contributed by atoms with Crippen molar-refractivity contribution in [2.24, 2.45) is 0 Å². The predicted molar refractivity (Wildman–Crippen MR) is 127 cm³/mol. The maximum absolute atomic E-state index is 13.0. The normalized spacial score (nSPS) is 12.3. The number of carbonyl (C=O) groups is 3. The van der Waals surface area contributed by atoms with Crippen molar-refractivity contribution in [3.05, 3.63) is 95.0 Å². The lowest BCUT2D eigenvalue weighted by Gasteiger charge is -2.21. The number of benzene rings is 3. The van der Waals surface area contributed by atoms with Crippen LogP contribution in [0.1, 0.15) is 34.1 Å². The van der Waals surface area contributed by atoms with Gasteiger partial charge in [-0.1, -0.05) is 41.9 Å². The van der Waals surface area contributed by atoms with Crippen LogP contribution in [0.25, 0.3) is 0 Å². The molecule has 170 valence electrons. The second-order valence-electron chi connectivity index (χ2n) is 7.37. The van der Waals surface area contributed by atoms with Gasteiger partial charge in [0.05, 0.1) is 7.11 Å². The monoisotopic (exact) mass is 465 g/mol. The van der Waals surface area contributed by atoms with Crippen LogP contribution in [0, 0.1) is 0 Å². The van der Waals surface area contributed by atoms with Gasteiger partial charge in [-0.25, -0.2) is 4.79 Å².